The third-order valence-electron chi connectivity index (χ3n) is 5.34. The molecule has 1 atom stereocenters. The standard InChI is InChI=1S/C19H22F3N5O2/c1-13-14(11-23)4-5-15(24-13)17(28)26-9-7-25(8-10-26)16-3-2-6-27(18(16)29)12-19(20,21)22/h4-5,16H,2-3,6-10,12H2,1H3/t16-/m0/s1. The SMILES string of the molecule is Cc1nc(C(=O)N2CCN([C@H]3CCCN(CC(F)(F)F)C3=O)CC2)ccc1C#N. The van der Waals surface area contributed by atoms with Crippen LogP contribution in [0.25, 0.3) is 0 Å². The Kier molecular flexibility index (Phi) is 6.07. The fourth-order valence-corrected chi connectivity index (χ4v) is 3.83. The van der Waals surface area contributed by atoms with Crippen LogP contribution in [0.15, 0.2) is 12.1 Å². The minimum Gasteiger partial charge on any atom is -0.335 e. The van der Waals surface area contributed by atoms with E-state index in [4.69, 9.17) is 5.26 Å². The molecule has 2 aliphatic heterocycles. The van der Waals surface area contributed by atoms with Gasteiger partial charge in [0.25, 0.3) is 5.91 Å². The van der Waals surface area contributed by atoms with Gasteiger partial charge in [-0.2, -0.15) is 18.4 Å². The summed E-state index contributed by atoms with van der Waals surface area (Å²) >= 11 is 0. The van der Waals surface area contributed by atoms with Gasteiger partial charge in [-0.15, -0.1) is 0 Å². The molecule has 7 nitrogen and oxygen atoms in total. The summed E-state index contributed by atoms with van der Waals surface area (Å²) in [4.78, 5) is 33.7. The molecule has 29 heavy (non-hydrogen) atoms. The summed E-state index contributed by atoms with van der Waals surface area (Å²) in [6.07, 6.45) is -3.35. The molecule has 0 radical (unpaired) electrons. The van der Waals surface area contributed by atoms with Gasteiger partial charge in [0.05, 0.1) is 17.3 Å². The molecule has 0 spiro atoms. The number of nitrogens with zero attached hydrogens (tertiary/aromatic N) is 5. The molecule has 0 aromatic carbocycles. The van der Waals surface area contributed by atoms with Gasteiger partial charge in [0.1, 0.15) is 18.3 Å². The Morgan fingerprint density at radius 3 is 2.52 bits per heavy atom. The Bertz CT molecular complexity index is 828. The number of piperazine rings is 1. The molecule has 0 aliphatic carbocycles. The molecular weight excluding hydrogens is 387 g/mol. The average molecular weight is 409 g/mol. The van der Waals surface area contributed by atoms with E-state index < -0.39 is 24.7 Å². The van der Waals surface area contributed by atoms with Gasteiger partial charge in [-0.3, -0.25) is 14.5 Å². The summed E-state index contributed by atoms with van der Waals surface area (Å²) in [7, 11) is 0. The van der Waals surface area contributed by atoms with Crippen molar-refractivity contribution in [2.75, 3.05) is 39.3 Å². The first-order valence-corrected chi connectivity index (χ1v) is 9.46. The second-order valence-electron chi connectivity index (χ2n) is 7.30. The van der Waals surface area contributed by atoms with Crippen LogP contribution in [0, 0.1) is 18.3 Å². The zero-order valence-electron chi connectivity index (χ0n) is 16.1. The van der Waals surface area contributed by atoms with Crippen molar-refractivity contribution in [2.45, 2.75) is 32.0 Å². The van der Waals surface area contributed by atoms with Gasteiger partial charge in [0.2, 0.25) is 5.91 Å². The number of alkyl halides is 3. The zero-order valence-corrected chi connectivity index (χ0v) is 16.1. The average Bonchev–Trinajstić information content (AvgIpc) is 2.68. The summed E-state index contributed by atoms with van der Waals surface area (Å²) in [5, 5.41) is 8.97. The molecule has 2 amide bonds. The molecule has 1 aromatic heterocycles. The number of pyridine rings is 1. The topological polar surface area (TPSA) is 80.5 Å². The number of nitriles is 1. The molecule has 156 valence electrons. The number of likely N-dealkylation sites (tertiary alicyclic amines) is 1. The van der Waals surface area contributed by atoms with E-state index in [1.165, 1.54) is 6.07 Å². The monoisotopic (exact) mass is 409 g/mol. The minimum absolute atomic E-state index is 0.122. The van der Waals surface area contributed by atoms with Crippen LogP contribution in [-0.4, -0.2) is 83.0 Å². The summed E-state index contributed by atoms with van der Waals surface area (Å²) in [5.74, 6) is -0.747. The van der Waals surface area contributed by atoms with Crippen molar-refractivity contribution in [3.05, 3.63) is 29.1 Å². The van der Waals surface area contributed by atoms with Crippen LogP contribution >= 0.6 is 0 Å². The summed E-state index contributed by atoms with van der Waals surface area (Å²) < 4.78 is 38.1. The first-order valence-electron chi connectivity index (χ1n) is 9.46. The molecule has 0 N–H and O–H groups in total. The van der Waals surface area contributed by atoms with Crippen LogP contribution in [0.2, 0.25) is 0 Å². The van der Waals surface area contributed by atoms with E-state index in [9.17, 15) is 22.8 Å². The highest BCUT2D eigenvalue weighted by Crippen LogP contribution is 2.24. The predicted octanol–water partition coefficient (Wildman–Crippen LogP) is 1.57. The van der Waals surface area contributed by atoms with Crippen molar-refractivity contribution < 1.29 is 22.8 Å². The molecule has 2 fully saturated rings. The normalized spacial score (nSPS) is 21.2. The smallest absolute Gasteiger partial charge is 0.335 e. The fourth-order valence-electron chi connectivity index (χ4n) is 3.83. The van der Waals surface area contributed by atoms with E-state index in [0.717, 1.165) is 4.90 Å². The first kappa shape index (κ1) is 21.0. The summed E-state index contributed by atoms with van der Waals surface area (Å²) in [5.41, 5.74) is 1.14. The van der Waals surface area contributed by atoms with Gasteiger partial charge in [-0.25, -0.2) is 4.98 Å². The lowest BCUT2D eigenvalue weighted by Crippen LogP contribution is -2.59. The van der Waals surface area contributed by atoms with Crippen LogP contribution in [0.3, 0.4) is 0 Å². The lowest BCUT2D eigenvalue weighted by Gasteiger charge is -2.42. The molecule has 10 heteroatoms. The van der Waals surface area contributed by atoms with Crippen LogP contribution in [-0.2, 0) is 4.79 Å². The second kappa shape index (κ2) is 8.37. The predicted molar refractivity (Wildman–Crippen MR) is 96.8 cm³/mol. The number of hydrogen-bond donors (Lipinski definition) is 0. The molecule has 2 saturated heterocycles. The number of rotatable bonds is 3. The third kappa shape index (κ3) is 4.85. The molecule has 2 aliphatic rings. The fraction of sp³-hybridized carbons (Fsp3) is 0.579. The lowest BCUT2D eigenvalue weighted by atomic mass is 10.0. The van der Waals surface area contributed by atoms with Crippen LogP contribution in [0.4, 0.5) is 13.2 Å². The molecule has 1 aromatic rings. The van der Waals surface area contributed by atoms with Gasteiger partial charge in [-0.1, -0.05) is 0 Å². The largest absolute Gasteiger partial charge is 0.406 e. The number of amides is 2. The van der Waals surface area contributed by atoms with Gasteiger partial charge in [0, 0.05) is 32.7 Å². The van der Waals surface area contributed by atoms with Crippen molar-refractivity contribution in [3.8, 4) is 6.07 Å². The van der Waals surface area contributed by atoms with E-state index in [2.05, 4.69) is 4.98 Å². The van der Waals surface area contributed by atoms with E-state index in [0.29, 0.717) is 50.3 Å². The van der Waals surface area contributed by atoms with Gasteiger partial charge in [-0.05, 0) is 31.9 Å². The summed E-state index contributed by atoms with van der Waals surface area (Å²) in [6.45, 7) is 2.12. The Morgan fingerprint density at radius 2 is 1.93 bits per heavy atom. The Labute approximate surface area is 166 Å². The van der Waals surface area contributed by atoms with E-state index in [1.807, 2.05) is 11.0 Å². The second-order valence-corrected chi connectivity index (χ2v) is 7.30. The van der Waals surface area contributed by atoms with Crippen LogP contribution in [0.5, 0.6) is 0 Å². The van der Waals surface area contributed by atoms with E-state index in [1.54, 1.807) is 17.9 Å². The number of aryl methyl sites for hydroxylation is 1. The maximum absolute atomic E-state index is 12.7. The van der Waals surface area contributed by atoms with Gasteiger partial charge < -0.3 is 9.80 Å². The van der Waals surface area contributed by atoms with Crippen molar-refractivity contribution >= 4 is 11.8 Å². The van der Waals surface area contributed by atoms with Gasteiger partial charge >= 0.3 is 6.18 Å². The maximum atomic E-state index is 12.7. The molecule has 0 unspecified atom stereocenters. The number of carbonyl (C=O) groups is 2. The van der Waals surface area contributed by atoms with Crippen molar-refractivity contribution in [1.29, 1.82) is 5.26 Å². The Balaban J connectivity index is 1.60. The highest BCUT2D eigenvalue weighted by atomic mass is 19.4. The highest BCUT2D eigenvalue weighted by molar-refractivity contribution is 5.92. The number of piperidine rings is 1. The quantitative estimate of drug-likeness (QED) is 0.757. The minimum atomic E-state index is -4.41. The summed E-state index contributed by atoms with van der Waals surface area (Å²) in [6, 6.07) is 4.50. The zero-order chi connectivity index (χ0) is 21.2. The maximum Gasteiger partial charge on any atom is 0.406 e. The number of halogens is 3. The third-order valence-corrected chi connectivity index (χ3v) is 5.34. The number of hydrogen-bond acceptors (Lipinski definition) is 5. The molecule has 0 bridgehead atoms. The van der Waals surface area contributed by atoms with Crippen molar-refractivity contribution in [3.63, 3.8) is 0 Å². The molecule has 3 heterocycles. The van der Waals surface area contributed by atoms with Crippen molar-refractivity contribution in [1.82, 2.24) is 19.7 Å². The van der Waals surface area contributed by atoms with Crippen molar-refractivity contribution in [2.24, 2.45) is 0 Å². The van der Waals surface area contributed by atoms with Crippen LogP contribution in [0.1, 0.15) is 34.6 Å². The number of aromatic nitrogens is 1. The van der Waals surface area contributed by atoms with Gasteiger partial charge in [0.15, 0.2) is 0 Å². The number of carbonyl (C=O) groups excluding carboxylic acids is 2. The van der Waals surface area contributed by atoms with E-state index >= 15 is 0 Å². The lowest BCUT2D eigenvalue weighted by molar-refractivity contribution is -0.168. The highest BCUT2D eigenvalue weighted by Gasteiger charge is 2.40. The van der Waals surface area contributed by atoms with Crippen LogP contribution < -0.4 is 0 Å². The molecular formula is C19H22F3N5O2. The molecule has 3 rings (SSSR count). The Morgan fingerprint density at radius 1 is 1.24 bits per heavy atom. The Hall–Kier alpha value is -2.67. The molecule has 0 saturated carbocycles. The first-order chi connectivity index (χ1) is 13.7. The van der Waals surface area contributed by atoms with E-state index in [-0.39, 0.29) is 18.1 Å².